The van der Waals surface area contributed by atoms with E-state index in [0.717, 1.165) is 30.1 Å². The van der Waals surface area contributed by atoms with Gasteiger partial charge in [0.15, 0.2) is 0 Å². The third-order valence-electron chi connectivity index (χ3n) is 4.73. The first-order valence-electron chi connectivity index (χ1n) is 7.70. The normalized spacial score (nSPS) is 26.8. The number of carbonyl (C=O) groups is 1. The number of hydrogen-bond donors (Lipinski definition) is 1. The second-order valence-corrected chi connectivity index (χ2v) is 6.25. The average Bonchev–Trinajstić information content (AvgIpc) is 3.09. The number of piperidine rings is 1. The number of amides is 1. The second-order valence-electron chi connectivity index (χ2n) is 6.25. The maximum absolute atomic E-state index is 12.4. The Kier molecular flexibility index (Phi) is 3.12. The van der Waals surface area contributed by atoms with Crippen molar-refractivity contribution in [1.82, 2.24) is 19.6 Å². The lowest BCUT2D eigenvalue weighted by Crippen LogP contribution is -2.47. The first-order valence-corrected chi connectivity index (χ1v) is 7.70. The predicted octanol–water partition coefficient (Wildman–Crippen LogP) is 1.14. The monoisotopic (exact) mass is 294 g/mol. The van der Waals surface area contributed by atoms with Crippen molar-refractivity contribution in [3.63, 3.8) is 0 Å². The van der Waals surface area contributed by atoms with Gasteiger partial charge in [0.1, 0.15) is 12.0 Å². The molecular formula is C17H18N4O. The predicted molar refractivity (Wildman–Crippen MR) is 83.5 cm³/mol. The summed E-state index contributed by atoms with van der Waals surface area (Å²) >= 11 is 0. The van der Waals surface area contributed by atoms with Gasteiger partial charge in [0, 0.05) is 19.1 Å². The van der Waals surface area contributed by atoms with Crippen molar-refractivity contribution >= 4 is 11.4 Å². The smallest absolute Gasteiger partial charge is 0.270 e. The van der Waals surface area contributed by atoms with Gasteiger partial charge in [0.05, 0.1) is 11.2 Å². The Labute approximate surface area is 129 Å². The average molecular weight is 294 g/mol. The summed E-state index contributed by atoms with van der Waals surface area (Å²) in [6.07, 6.45) is 9.39. The van der Waals surface area contributed by atoms with E-state index in [4.69, 9.17) is 6.42 Å². The van der Waals surface area contributed by atoms with Gasteiger partial charge < -0.3 is 10.2 Å². The zero-order valence-electron chi connectivity index (χ0n) is 12.3. The number of rotatable bonds is 2. The summed E-state index contributed by atoms with van der Waals surface area (Å²) in [7, 11) is 0. The molecule has 2 bridgehead atoms. The lowest BCUT2D eigenvalue weighted by atomic mass is 9.97. The molecule has 5 heteroatoms. The molecule has 0 saturated carbocycles. The van der Waals surface area contributed by atoms with E-state index >= 15 is 0 Å². The summed E-state index contributed by atoms with van der Waals surface area (Å²) in [6.45, 7) is 3.31. The summed E-state index contributed by atoms with van der Waals surface area (Å²) in [5.41, 5.74) is 2.08. The summed E-state index contributed by atoms with van der Waals surface area (Å²) in [6, 6.07) is 5.78. The van der Waals surface area contributed by atoms with Crippen LogP contribution in [0.5, 0.6) is 0 Å². The van der Waals surface area contributed by atoms with Gasteiger partial charge in [-0.1, -0.05) is 5.92 Å². The third-order valence-corrected chi connectivity index (χ3v) is 4.73. The molecule has 2 aliphatic rings. The Morgan fingerprint density at radius 1 is 1.41 bits per heavy atom. The van der Waals surface area contributed by atoms with Gasteiger partial charge in [-0.25, -0.2) is 4.98 Å². The van der Waals surface area contributed by atoms with Crippen LogP contribution in [0.3, 0.4) is 0 Å². The summed E-state index contributed by atoms with van der Waals surface area (Å²) in [5, 5.41) is 3.13. The molecule has 5 nitrogen and oxygen atoms in total. The number of hydrogen-bond acceptors (Lipinski definition) is 3. The fourth-order valence-corrected chi connectivity index (χ4v) is 3.67. The maximum atomic E-state index is 12.4. The second kappa shape index (κ2) is 5.15. The minimum Gasteiger partial charge on any atom is -0.347 e. The Morgan fingerprint density at radius 3 is 3.14 bits per heavy atom. The van der Waals surface area contributed by atoms with E-state index < -0.39 is 0 Å². The molecule has 2 aromatic heterocycles. The van der Waals surface area contributed by atoms with Crippen molar-refractivity contribution in [2.24, 2.45) is 5.92 Å². The van der Waals surface area contributed by atoms with Gasteiger partial charge >= 0.3 is 0 Å². The number of nitrogens with zero attached hydrogens (tertiary/aromatic N) is 3. The molecule has 22 heavy (non-hydrogen) atoms. The first kappa shape index (κ1) is 13.4. The van der Waals surface area contributed by atoms with Crippen LogP contribution in [0, 0.1) is 18.3 Å². The topological polar surface area (TPSA) is 49.6 Å². The minimum absolute atomic E-state index is 0.0987. The van der Waals surface area contributed by atoms with Crippen LogP contribution in [0.15, 0.2) is 24.5 Å². The van der Waals surface area contributed by atoms with Crippen molar-refractivity contribution in [2.75, 3.05) is 19.6 Å². The van der Waals surface area contributed by atoms with E-state index in [2.05, 4.69) is 21.1 Å². The SMILES string of the molecule is C#Cc1ccc2cc(C(=O)N[C@@H]3C[C@H]4CCN(C4)C3)ncn12. The zero-order chi connectivity index (χ0) is 15.1. The van der Waals surface area contributed by atoms with Gasteiger partial charge in [0.2, 0.25) is 0 Å². The molecule has 0 spiro atoms. The van der Waals surface area contributed by atoms with Crippen LogP contribution in [0.2, 0.25) is 0 Å². The van der Waals surface area contributed by atoms with E-state index in [1.54, 1.807) is 12.4 Å². The van der Waals surface area contributed by atoms with Gasteiger partial charge in [-0.15, -0.1) is 6.42 Å². The summed E-state index contributed by atoms with van der Waals surface area (Å²) in [4.78, 5) is 19.1. The molecular weight excluding hydrogens is 276 g/mol. The van der Waals surface area contributed by atoms with Crippen molar-refractivity contribution in [3.05, 3.63) is 35.9 Å². The third kappa shape index (κ3) is 2.26. The van der Waals surface area contributed by atoms with Crippen molar-refractivity contribution in [1.29, 1.82) is 0 Å². The molecule has 2 aliphatic heterocycles. The van der Waals surface area contributed by atoms with E-state index in [1.165, 1.54) is 19.5 Å². The van der Waals surface area contributed by atoms with E-state index in [-0.39, 0.29) is 11.9 Å². The zero-order valence-corrected chi connectivity index (χ0v) is 12.3. The number of nitrogens with one attached hydrogen (secondary N) is 1. The largest absolute Gasteiger partial charge is 0.347 e. The van der Waals surface area contributed by atoms with Crippen molar-refractivity contribution in [2.45, 2.75) is 18.9 Å². The molecule has 112 valence electrons. The number of fused-ring (bicyclic) bond motifs is 3. The van der Waals surface area contributed by atoms with E-state index in [9.17, 15) is 4.79 Å². The van der Waals surface area contributed by atoms with Crippen molar-refractivity contribution in [3.8, 4) is 12.3 Å². The van der Waals surface area contributed by atoms with E-state index in [1.807, 2.05) is 16.5 Å². The van der Waals surface area contributed by atoms with Crippen LogP contribution in [0.25, 0.3) is 5.52 Å². The van der Waals surface area contributed by atoms with Gasteiger partial charge in [0.25, 0.3) is 5.91 Å². The van der Waals surface area contributed by atoms with Gasteiger partial charge in [-0.2, -0.15) is 0 Å². The highest BCUT2D eigenvalue weighted by molar-refractivity contribution is 5.93. The van der Waals surface area contributed by atoms with Crippen LogP contribution in [-0.2, 0) is 0 Å². The fourth-order valence-electron chi connectivity index (χ4n) is 3.67. The van der Waals surface area contributed by atoms with Gasteiger partial charge in [-0.3, -0.25) is 9.20 Å². The molecule has 3 atom stereocenters. The highest BCUT2D eigenvalue weighted by Crippen LogP contribution is 2.26. The fraction of sp³-hybridized carbons (Fsp3) is 0.412. The van der Waals surface area contributed by atoms with Crippen molar-refractivity contribution < 1.29 is 4.79 Å². The van der Waals surface area contributed by atoms with E-state index in [0.29, 0.717) is 5.69 Å². The maximum Gasteiger partial charge on any atom is 0.270 e. The summed E-state index contributed by atoms with van der Waals surface area (Å²) in [5.74, 6) is 3.23. The van der Waals surface area contributed by atoms with Crippen LogP contribution in [0.1, 0.15) is 29.0 Å². The first-order chi connectivity index (χ1) is 10.7. The summed E-state index contributed by atoms with van der Waals surface area (Å²) < 4.78 is 1.81. The Hall–Kier alpha value is -2.32. The minimum atomic E-state index is -0.0987. The Balaban J connectivity index is 1.52. The molecule has 1 unspecified atom stereocenters. The molecule has 2 aromatic rings. The molecule has 4 rings (SSSR count). The number of aromatic nitrogens is 2. The quantitative estimate of drug-likeness (QED) is 0.845. The molecule has 0 aliphatic carbocycles. The molecule has 2 fully saturated rings. The molecule has 1 amide bonds. The molecule has 2 saturated heterocycles. The molecule has 1 N–H and O–H groups in total. The Morgan fingerprint density at radius 2 is 2.32 bits per heavy atom. The standard InChI is InChI=1S/C17H18N4O/c1-2-14-3-4-15-8-16(18-11-21(14)15)17(22)19-13-7-12-5-6-20(9-12)10-13/h1,3-4,8,11-13H,5-7,9-10H2,(H,19,22)/t12-,13-/m1/s1. The molecule has 0 aromatic carbocycles. The highest BCUT2D eigenvalue weighted by atomic mass is 16.1. The van der Waals surface area contributed by atoms with Crippen LogP contribution >= 0.6 is 0 Å². The molecule has 0 radical (unpaired) electrons. The lowest BCUT2D eigenvalue weighted by molar-refractivity contribution is 0.0904. The number of terminal acetylenes is 1. The molecule has 4 heterocycles. The lowest BCUT2D eigenvalue weighted by Gasteiger charge is -2.30. The van der Waals surface area contributed by atoms with Crippen LogP contribution < -0.4 is 5.32 Å². The Bertz CT molecular complexity index is 761. The van der Waals surface area contributed by atoms with Crippen LogP contribution in [-0.4, -0.2) is 45.9 Å². The van der Waals surface area contributed by atoms with Gasteiger partial charge in [-0.05, 0) is 43.5 Å². The van der Waals surface area contributed by atoms with Crippen LogP contribution in [0.4, 0.5) is 0 Å². The number of carbonyl (C=O) groups excluding carboxylic acids is 1. The highest BCUT2D eigenvalue weighted by Gasteiger charge is 2.33.